The number of fused-ring (bicyclic) bond motifs is 1. The van der Waals surface area contributed by atoms with Crippen molar-refractivity contribution in [3.8, 4) is 0 Å². The van der Waals surface area contributed by atoms with Gasteiger partial charge in [-0.05, 0) is 30.9 Å². The number of para-hydroxylation sites is 1. The zero-order valence-electron chi connectivity index (χ0n) is 10.9. The summed E-state index contributed by atoms with van der Waals surface area (Å²) in [5.74, 6) is -0.616. The summed E-state index contributed by atoms with van der Waals surface area (Å²) in [7, 11) is 0. The molecule has 2 nitrogen and oxygen atoms in total. The number of benzene rings is 1. The zero-order valence-corrected chi connectivity index (χ0v) is 12.5. The molecule has 1 aromatic carbocycles. The van der Waals surface area contributed by atoms with Crippen LogP contribution >= 0.6 is 23.5 Å². The molecule has 1 aliphatic carbocycles. The molecule has 1 saturated carbocycles. The Morgan fingerprint density at radius 1 is 1.30 bits per heavy atom. The summed E-state index contributed by atoms with van der Waals surface area (Å²) < 4.78 is 25.1. The van der Waals surface area contributed by atoms with Gasteiger partial charge in [-0.1, -0.05) is 42.1 Å². The third kappa shape index (κ3) is 3.28. The fourth-order valence-electron chi connectivity index (χ4n) is 2.71. The van der Waals surface area contributed by atoms with E-state index in [9.17, 15) is 8.78 Å². The zero-order chi connectivity index (χ0) is 13.9. The molecule has 1 aromatic rings. The molecule has 1 N–H and O–H groups in total. The minimum Gasteiger partial charge on any atom is -0.334 e. The fraction of sp³-hybridized carbons (Fsp3) is 0.500. The topological polar surface area (TPSA) is 24.4 Å². The number of halogens is 2. The van der Waals surface area contributed by atoms with Gasteiger partial charge in [0.15, 0.2) is 5.17 Å². The van der Waals surface area contributed by atoms with Crippen LogP contribution in [0.5, 0.6) is 0 Å². The first-order valence-corrected chi connectivity index (χ1v) is 8.60. The van der Waals surface area contributed by atoms with E-state index in [0.717, 1.165) is 23.0 Å². The van der Waals surface area contributed by atoms with Gasteiger partial charge in [-0.2, -0.15) is 8.78 Å². The Labute approximate surface area is 125 Å². The smallest absolute Gasteiger partial charge is 0.288 e. The first-order valence-electron chi connectivity index (χ1n) is 6.74. The van der Waals surface area contributed by atoms with E-state index in [1.54, 1.807) is 23.9 Å². The first kappa shape index (κ1) is 14.2. The maximum absolute atomic E-state index is 12.6. The maximum Gasteiger partial charge on any atom is 0.288 e. The Balaban J connectivity index is 1.74. The minimum absolute atomic E-state index is 0.425. The Bertz CT molecular complexity index is 508. The number of alkyl halides is 2. The summed E-state index contributed by atoms with van der Waals surface area (Å²) in [5, 5.41) is 4.10. The van der Waals surface area contributed by atoms with Crippen LogP contribution in [0.4, 0.5) is 14.5 Å². The van der Waals surface area contributed by atoms with Crippen molar-refractivity contribution in [2.24, 2.45) is 10.9 Å². The monoisotopic (exact) mass is 314 g/mol. The number of hydrogen-bond donors (Lipinski definition) is 1. The number of thioether (sulfide) groups is 2. The molecule has 108 valence electrons. The molecule has 0 saturated heterocycles. The van der Waals surface area contributed by atoms with Gasteiger partial charge in [-0.25, -0.2) is 0 Å². The summed E-state index contributed by atoms with van der Waals surface area (Å²) in [6, 6.07) is 7.59. The van der Waals surface area contributed by atoms with Crippen molar-refractivity contribution in [1.82, 2.24) is 0 Å². The summed E-state index contributed by atoms with van der Waals surface area (Å²) in [6.07, 6.45) is 3.68. The fourth-order valence-corrected chi connectivity index (χ4v) is 4.46. The van der Waals surface area contributed by atoms with E-state index in [2.05, 4.69) is 5.32 Å². The van der Waals surface area contributed by atoms with Crippen LogP contribution in [0, 0.1) is 5.92 Å². The molecule has 0 amide bonds. The molecule has 0 aromatic heterocycles. The number of hydrogen-bond acceptors (Lipinski definition) is 4. The van der Waals surface area contributed by atoms with Crippen LogP contribution in [0.2, 0.25) is 0 Å². The maximum atomic E-state index is 12.6. The Kier molecular flexibility index (Phi) is 4.51. The van der Waals surface area contributed by atoms with Gasteiger partial charge in [0.2, 0.25) is 0 Å². The van der Waals surface area contributed by atoms with Gasteiger partial charge in [0.05, 0.1) is 11.7 Å². The molecule has 0 bridgehead atoms. The molecule has 1 aliphatic heterocycles. The highest BCUT2D eigenvalue weighted by Gasteiger charge is 2.31. The lowest BCUT2D eigenvalue weighted by Crippen LogP contribution is -2.25. The number of nitrogens with one attached hydrogen (secondary N) is 1. The molecular weight excluding hydrogens is 298 g/mol. The van der Waals surface area contributed by atoms with Gasteiger partial charge in [-0.15, -0.1) is 0 Å². The largest absolute Gasteiger partial charge is 0.334 e. The Morgan fingerprint density at radius 2 is 2.15 bits per heavy atom. The van der Waals surface area contributed by atoms with Crippen molar-refractivity contribution in [3.63, 3.8) is 0 Å². The molecule has 20 heavy (non-hydrogen) atoms. The molecule has 3 rings (SSSR count). The number of nitrogens with zero attached hydrogens (tertiary/aromatic N) is 1. The van der Waals surface area contributed by atoms with Gasteiger partial charge < -0.3 is 5.32 Å². The normalized spacial score (nSPS) is 25.4. The number of amidine groups is 1. The predicted octanol–water partition coefficient (Wildman–Crippen LogP) is 4.68. The number of aliphatic imine (C=N–C) groups is 1. The second-order valence-electron chi connectivity index (χ2n) is 5.00. The summed E-state index contributed by atoms with van der Waals surface area (Å²) in [5.41, 5.74) is 0.723. The average molecular weight is 314 g/mol. The van der Waals surface area contributed by atoms with Gasteiger partial charge in [-0.3, -0.25) is 4.99 Å². The van der Waals surface area contributed by atoms with Crippen LogP contribution in [0.25, 0.3) is 0 Å². The van der Waals surface area contributed by atoms with Crippen molar-refractivity contribution < 1.29 is 8.78 Å². The molecular formula is C14H16F2N2S2. The van der Waals surface area contributed by atoms with Crippen molar-refractivity contribution >= 4 is 34.4 Å². The van der Waals surface area contributed by atoms with Gasteiger partial charge in [0.25, 0.3) is 5.76 Å². The van der Waals surface area contributed by atoms with Gasteiger partial charge in [0.1, 0.15) is 0 Å². The molecule has 2 unspecified atom stereocenters. The van der Waals surface area contributed by atoms with Crippen molar-refractivity contribution in [2.45, 2.75) is 36.0 Å². The highest BCUT2D eigenvalue weighted by molar-refractivity contribution is 8.14. The highest BCUT2D eigenvalue weighted by atomic mass is 32.2. The van der Waals surface area contributed by atoms with Gasteiger partial charge in [0, 0.05) is 10.6 Å². The molecule has 0 radical (unpaired) electrons. The predicted molar refractivity (Wildman–Crippen MR) is 82.9 cm³/mol. The van der Waals surface area contributed by atoms with E-state index in [0.29, 0.717) is 28.6 Å². The van der Waals surface area contributed by atoms with Crippen LogP contribution in [0.1, 0.15) is 19.3 Å². The molecule has 2 aliphatic rings. The van der Waals surface area contributed by atoms with E-state index in [1.807, 2.05) is 12.1 Å². The third-order valence-corrected chi connectivity index (χ3v) is 5.54. The number of rotatable bonds is 3. The van der Waals surface area contributed by atoms with Crippen LogP contribution in [0.15, 0.2) is 34.2 Å². The van der Waals surface area contributed by atoms with E-state index in [1.165, 1.54) is 12.8 Å². The van der Waals surface area contributed by atoms with Crippen LogP contribution in [-0.4, -0.2) is 22.7 Å². The van der Waals surface area contributed by atoms with E-state index < -0.39 is 5.76 Å². The molecule has 1 heterocycles. The van der Waals surface area contributed by atoms with Crippen LogP contribution in [-0.2, 0) is 0 Å². The summed E-state index contributed by atoms with van der Waals surface area (Å²) >= 11 is 2.28. The Hall–Kier alpha value is -0.750. The molecule has 0 spiro atoms. The first-order chi connectivity index (χ1) is 9.72. The SMILES string of the molecule is FC(F)Sc1ccccc1NC1=NC2CCCC2CS1. The standard InChI is InChI=1S/C14H16F2N2S2/c15-13(16)20-12-7-2-1-5-11(12)18-14-17-10-6-3-4-9(10)8-19-14/h1-2,5,7,9-10,13H,3-4,6,8H2,(H,17,18). The van der Waals surface area contributed by atoms with E-state index >= 15 is 0 Å². The van der Waals surface area contributed by atoms with Crippen molar-refractivity contribution in [2.75, 3.05) is 11.1 Å². The van der Waals surface area contributed by atoms with Crippen molar-refractivity contribution in [1.29, 1.82) is 0 Å². The van der Waals surface area contributed by atoms with Crippen LogP contribution < -0.4 is 5.32 Å². The lowest BCUT2D eigenvalue weighted by molar-refractivity contribution is 0.252. The van der Waals surface area contributed by atoms with E-state index in [-0.39, 0.29) is 0 Å². The summed E-state index contributed by atoms with van der Waals surface area (Å²) in [4.78, 5) is 5.30. The molecule has 2 atom stereocenters. The van der Waals surface area contributed by atoms with E-state index in [4.69, 9.17) is 4.99 Å². The van der Waals surface area contributed by atoms with Crippen molar-refractivity contribution in [3.05, 3.63) is 24.3 Å². The average Bonchev–Trinajstić information content (AvgIpc) is 2.88. The third-order valence-electron chi connectivity index (χ3n) is 3.68. The quantitative estimate of drug-likeness (QED) is 0.820. The van der Waals surface area contributed by atoms with Crippen LogP contribution in [0.3, 0.4) is 0 Å². The molecule has 1 fully saturated rings. The highest BCUT2D eigenvalue weighted by Crippen LogP contribution is 2.37. The summed E-state index contributed by atoms with van der Waals surface area (Å²) in [6.45, 7) is 0. The second kappa shape index (κ2) is 6.35. The lowest BCUT2D eigenvalue weighted by atomic mass is 10.1. The minimum atomic E-state index is -2.40. The number of anilines is 1. The second-order valence-corrected chi connectivity index (χ2v) is 7.04. The van der Waals surface area contributed by atoms with Gasteiger partial charge >= 0.3 is 0 Å². The Morgan fingerprint density at radius 3 is 3.00 bits per heavy atom. The molecule has 6 heteroatoms. The lowest BCUT2D eigenvalue weighted by Gasteiger charge is -2.24.